The number of alkyl halides is 2. The average molecular weight is 199 g/mol. The molecule has 0 N–H and O–H groups in total. The van der Waals surface area contributed by atoms with Gasteiger partial charge < -0.3 is 4.74 Å². The molecule has 1 rings (SSSR count). The predicted molar refractivity (Wildman–Crippen MR) is 50.7 cm³/mol. The molecule has 0 radical (unpaired) electrons. The molecule has 0 unspecified atom stereocenters. The Bertz CT molecular complexity index is 304. The molecule has 14 heavy (non-hydrogen) atoms. The number of hydrogen-bond donors (Lipinski definition) is 0. The Morgan fingerprint density at radius 2 is 2.43 bits per heavy atom. The van der Waals surface area contributed by atoms with Gasteiger partial charge in [0, 0.05) is 18.7 Å². The normalized spacial score (nSPS) is 15.5. The van der Waals surface area contributed by atoms with Crippen molar-refractivity contribution in [2.45, 2.75) is 12.8 Å². The van der Waals surface area contributed by atoms with E-state index in [0.717, 1.165) is 12.5 Å². The molecule has 0 bridgehead atoms. The fourth-order valence-corrected chi connectivity index (χ4v) is 0.862. The summed E-state index contributed by atoms with van der Waals surface area (Å²) in [6.07, 6.45) is 3.21. The van der Waals surface area contributed by atoms with Crippen LogP contribution in [0.4, 0.5) is 8.78 Å². The van der Waals surface area contributed by atoms with Gasteiger partial charge in [-0.1, -0.05) is 11.8 Å². The third-order valence-electron chi connectivity index (χ3n) is 1.41. The van der Waals surface area contributed by atoms with Gasteiger partial charge in [-0.15, -0.1) is 0 Å². The van der Waals surface area contributed by atoms with Gasteiger partial charge in [-0.25, -0.2) is 8.78 Å². The van der Waals surface area contributed by atoms with Gasteiger partial charge >= 0.3 is 0 Å². The van der Waals surface area contributed by atoms with E-state index >= 15 is 0 Å². The van der Waals surface area contributed by atoms with Crippen LogP contribution in [0.2, 0.25) is 0 Å². The Morgan fingerprint density at radius 1 is 1.64 bits per heavy atom. The first-order valence-corrected chi connectivity index (χ1v) is 4.21. The smallest absolute Gasteiger partial charge is 0.268 e. The zero-order valence-electron chi connectivity index (χ0n) is 7.89. The van der Waals surface area contributed by atoms with Crippen molar-refractivity contribution in [1.82, 2.24) is 0 Å². The molecule has 4 heteroatoms. The lowest BCUT2D eigenvalue weighted by molar-refractivity contribution is -0.0566. The van der Waals surface area contributed by atoms with Crippen LogP contribution in [-0.4, -0.2) is 31.9 Å². The Labute approximate surface area is 81.7 Å². The summed E-state index contributed by atoms with van der Waals surface area (Å²) in [5, 5.41) is 0. The highest BCUT2D eigenvalue weighted by Crippen LogP contribution is 2.11. The van der Waals surface area contributed by atoms with Crippen LogP contribution in [-0.2, 0) is 4.74 Å². The Hall–Kier alpha value is -1.21. The number of hydrogen-bond acceptors (Lipinski definition) is 2. The highest BCUT2D eigenvalue weighted by molar-refractivity contribution is 5.80. The van der Waals surface area contributed by atoms with Crippen LogP contribution in [0.3, 0.4) is 0 Å². The summed E-state index contributed by atoms with van der Waals surface area (Å²) in [5.41, 5.74) is 0.722. The van der Waals surface area contributed by atoms with E-state index in [1.165, 1.54) is 0 Å². The molecule has 0 aromatic carbocycles. The van der Waals surface area contributed by atoms with Crippen molar-refractivity contribution in [1.29, 1.82) is 0 Å². The fourth-order valence-electron chi connectivity index (χ4n) is 0.862. The second-order valence-electron chi connectivity index (χ2n) is 3.07. The third kappa shape index (κ3) is 4.73. The third-order valence-corrected chi connectivity index (χ3v) is 1.41. The number of allylic oxidation sites excluding steroid dienone is 1. The number of ether oxygens (including phenoxy) is 1. The van der Waals surface area contributed by atoms with Gasteiger partial charge in [0.05, 0.1) is 6.61 Å². The SMILES string of the molecule is CC(F)(F)COCC1=CC#CCN=C1. The van der Waals surface area contributed by atoms with E-state index in [1.807, 2.05) is 0 Å². The fraction of sp³-hybridized carbons (Fsp3) is 0.500. The molecular weight excluding hydrogens is 188 g/mol. The molecule has 0 aromatic heterocycles. The second kappa shape index (κ2) is 4.87. The van der Waals surface area contributed by atoms with Crippen molar-refractivity contribution >= 4 is 6.21 Å². The lowest BCUT2D eigenvalue weighted by atomic mass is 10.3. The van der Waals surface area contributed by atoms with Crippen molar-refractivity contribution in [3.05, 3.63) is 11.6 Å². The summed E-state index contributed by atoms with van der Waals surface area (Å²) in [5.74, 6) is 2.71. The van der Waals surface area contributed by atoms with Crippen molar-refractivity contribution in [2.24, 2.45) is 4.99 Å². The summed E-state index contributed by atoms with van der Waals surface area (Å²) in [6.45, 7) is 0.819. The van der Waals surface area contributed by atoms with Gasteiger partial charge in [0.15, 0.2) is 0 Å². The number of nitrogens with zero attached hydrogens (tertiary/aromatic N) is 1. The van der Waals surface area contributed by atoms with E-state index in [1.54, 1.807) is 12.3 Å². The first kappa shape index (κ1) is 10.9. The zero-order valence-corrected chi connectivity index (χ0v) is 7.89. The molecule has 1 aliphatic rings. The van der Waals surface area contributed by atoms with Gasteiger partial charge in [-0.2, -0.15) is 0 Å². The number of rotatable bonds is 4. The van der Waals surface area contributed by atoms with Crippen LogP contribution in [0.15, 0.2) is 16.6 Å². The van der Waals surface area contributed by atoms with Crippen LogP contribution in [0.1, 0.15) is 6.92 Å². The number of aliphatic imine (C=N–C) groups is 1. The van der Waals surface area contributed by atoms with Gasteiger partial charge in [-0.3, -0.25) is 4.99 Å². The lowest BCUT2D eigenvalue weighted by Gasteiger charge is -2.10. The summed E-state index contributed by atoms with van der Waals surface area (Å²) in [6, 6.07) is 0. The molecule has 0 amide bonds. The molecule has 0 saturated heterocycles. The average Bonchev–Trinajstić information content (AvgIpc) is 2.30. The molecular formula is C10H11F2NO. The Kier molecular flexibility index (Phi) is 3.78. The van der Waals surface area contributed by atoms with Crippen molar-refractivity contribution in [3.8, 4) is 11.8 Å². The van der Waals surface area contributed by atoms with Crippen molar-refractivity contribution in [2.75, 3.05) is 19.8 Å². The Morgan fingerprint density at radius 3 is 3.14 bits per heavy atom. The van der Waals surface area contributed by atoms with Gasteiger partial charge in [0.25, 0.3) is 5.92 Å². The molecule has 0 aliphatic carbocycles. The van der Waals surface area contributed by atoms with Crippen LogP contribution in [0.5, 0.6) is 0 Å². The van der Waals surface area contributed by atoms with E-state index in [0.29, 0.717) is 6.54 Å². The quantitative estimate of drug-likeness (QED) is 0.631. The molecule has 0 saturated carbocycles. The lowest BCUT2D eigenvalue weighted by Crippen LogP contribution is -2.19. The molecule has 0 atom stereocenters. The highest BCUT2D eigenvalue weighted by Gasteiger charge is 2.20. The minimum Gasteiger partial charge on any atom is -0.370 e. The minimum absolute atomic E-state index is 0.127. The molecule has 1 heterocycles. The minimum atomic E-state index is -2.78. The zero-order chi connectivity index (χ0) is 10.4. The monoisotopic (exact) mass is 199 g/mol. The van der Waals surface area contributed by atoms with Crippen LogP contribution >= 0.6 is 0 Å². The predicted octanol–water partition coefficient (Wildman–Crippen LogP) is 1.67. The van der Waals surface area contributed by atoms with Crippen LogP contribution in [0.25, 0.3) is 0 Å². The molecule has 0 spiro atoms. The van der Waals surface area contributed by atoms with Gasteiger partial charge in [0.1, 0.15) is 13.2 Å². The number of halogens is 2. The molecule has 2 nitrogen and oxygen atoms in total. The van der Waals surface area contributed by atoms with E-state index < -0.39 is 12.5 Å². The summed E-state index contributed by atoms with van der Waals surface area (Å²) < 4.78 is 29.5. The van der Waals surface area contributed by atoms with E-state index in [4.69, 9.17) is 4.74 Å². The van der Waals surface area contributed by atoms with E-state index in [2.05, 4.69) is 16.8 Å². The van der Waals surface area contributed by atoms with Crippen molar-refractivity contribution in [3.63, 3.8) is 0 Å². The van der Waals surface area contributed by atoms with E-state index in [-0.39, 0.29) is 6.61 Å². The van der Waals surface area contributed by atoms with Crippen LogP contribution < -0.4 is 0 Å². The topological polar surface area (TPSA) is 21.6 Å². The summed E-state index contributed by atoms with van der Waals surface area (Å²) >= 11 is 0. The molecule has 76 valence electrons. The van der Waals surface area contributed by atoms with Crippen molar-refractivity contribution < 1.29 is 13.5 Å². The van der Waals surface area contributed by atoms with Crippen LogP contribution in [0, 0.1) is 11.8 Å². The van der Waals surface area contributed by atoms with E-state index in [9.17, 15) is 8.78 Å². The summed E-state index contributed by atoms with van der Waals surface area (Å²) in [7, 11) is 0. The largest absolute Gasteiger partial charge is 0.370 e. The van der Waals surface area contributed by atoms with Gasteiger partial charge in [-0.05, 0) is 6.08 Å². The standard InChI is InChI=1S/C10H11F2NO/c1-10(11,12)8-14-7-9-4-2-3-5-13-6-9/h4,6H,5,7-8H2,1H3. The molecule has 1 aliphatic heterocycles. The molecule has 0 fully saturated rings. The maximum atomic E-state index is 12.4. The Balaban J connectivity index is 2.32. The first-order valence-electron chi connectivity index (χ1n) is 4.21. The first-order chi connectivity index (χ1) is 6.58. The highest BCUT2D eigenvalue weighted by atomic mass is 19.3. The molecule has 0 aromatic rings. The second-order valence-corrected chi connectivity index (χ2v) is 3.07. The maximum Gasteiger partial charge on any atom is 0.268 e. The maximum absolute atomic E-state index is 12.4. The summed E-state index contributed by atoms with van der Waals surface area (Å²) in [4.78, 5) is 3.93. The van der Waals surface area contributed by atoms with Gasteiger partial charge in [0.2, 0.25) is 0 Å².